The molecule has 1 rings (SSSR count). The van der Waals surface area contributed by atoms with Crippen molar-refractivity contribution in [2.24, 2.45) is 0 Å². The average molecular weight is 223 g/mol. The molecule has 4 heteroatoms. The Hall–Kier alpha value is -0.410. The summed E-state index contributed by atoms with van der Waals surface area (Å²) in [5.74, 6) is -0.510. The fourth-order valence-corrected chi connectivity index (χ4v) is 1.01. The van der Waals surface area contributed by atoms with Gasteiger partial charge >= 0.3 is 0 Å². The molecule has 0 heterocycles. The number of halogens is 2. The molecule has 2 nitrogen and oxygen atoms in total. The van der Waals surface area contributed by atoms with Gasteiger partial charge in [0.15, 0.2) is 11.5 Å². The first kappa shape index (κ1) is 7.69. The van der Waals surface area contributed by atoms with Crippen molar-refractivity contribution >= 4 is 27.5 Å². The predicted molar refractivity (Wildman–Crippen MR) is 42.5 cm³/mol. The van der Waals surface area contributed by atoms with Crippen molar-refractivity contribution in [1.82, 2.24) is 0 Å². The second kappa shape index (κ2) is 2.68. The quantitative estimate of drug-likeness (QED) is 0.664. The van der Waals surface area contributed by atoms with Crippen LogP contribution < -0.4 is 0 Å². The monoisotopic (exact) mass is 222 g/mol. The summed E-state index contributed by atoms with van der Waals surface area (Å²) in [6.45, 7) is 0. The molecule has 0 radical (unpaired) electrons. The van der Waals surface area contributed by atoms with Gasteiger partial charge in [-0.2, -0.15) is 0 Å². The van der Waals surface area contributed by atoms with Crippen LogP contribution in [0.4, 0.5) is 0 Å². The molecular formula is C6H4BrClO2. The molecule has 1 aromatic rings. The molecule has 0 fully saturated rings. The van der Waals surface area contributed by atoms with Crippen LogP contribution in [0.3, 0.4) is 0 Å². The Bertz CT molecular complexity index is 235. The van der Waals surface area contributed by atoms with Gasteiger partial charge in [0.05, 0.1) is 0 Å². The van der Waals surface area contributed by atoms with Crippen LogP contribution in [0.5, 0.6) is 11.5 Å². The van der Waals surface area contributed by atoms with Crippen molar-refractivity contribution in [1.29, 1.82) is 0 Å². The number of benzene rings is 1. The minimum absolute atomic E-state index is 0.125. The van der Waals surface area contributed by atoms with Gasteiger partial charge in [0.2, 0.25) is 0 Å². The second-order valence-electron chi connectivity index (χ2n) is 1.73. The normalized spacial score (nSPS) is 9.80. The van der Waals surface area contributed by atoms with Crippen molar-refractivity contribution in [2.45, 2.75) is 0 Å². The van der Waals surface area contributed by atoms with Crippen molar-refractivity contribution in [3.05, 3.63) is 21.6 Å². The molecule has 0 aliphatic carbocycles. The third kappa shape index (κ3) is 1.20. The van der Waals surface area contributed by atoms with E-state index in [1.54, 1.807) is 6.07 Å². The van der Waals surface area contributed by atoms with Gasteiger partial charge in [-0.1, -0.05) is 11.6 Å². The highest BCUT2D eigenvalue weighted by molar-refractivity contribution is 9.10. The van der Waals surface area contributed by atoms with E-state index >= 15 is 0 Å². The number of phenolic OH excluding ortho intramolecular Hbond substituents is 2. The Balaban J connectivity index is 3.34. The maximum absolute atomic E-state index is 8.98. The van der Waals surface area contributed by atoms with Crippen LogP contribution in [0.1, 0.15) is 0 Å². The van der Waals surface area contributed by atoms with Gasteiger partial charge in [0, 0.05) is 4.47 Å². The summed E-state index contributed by atoms with van der Waals surface area (Å²) in [6, 6.07) is 2.91. The smallest absolute Gasteiger partial charge is 0.177 e. The summed E-state index contributed by atoms with van der Waals surface area (Å²) in [7, 11) is 0. The van der Waals surface area contributed by atoms with Crippen LogP contribution in [-0.4, -0.2) is 10.2 Å². The Morgan fingerprint density at radius 1 is 1.30 bits per heavy atom. The molecule has 0 saturated carbocycles. The highest BCUT2D eigenvalue weighted by Gasteiger charge is 2.06. The number of hydrogen-bond acceptors (Lipinski definition) is 2. The second-order valence-corrected chi connectivity index (χ2v) is 2.96. The van der Waals surface area contributed by atoms with Crippen LogP contribution in [0.15, 0.2) is 16.6 Å². The molecule has 0 amide bonds. The number of rotatable bonds is 0. The van der Waals surface area contributed by atoms with E-state index in [0.29, 0.717) is 4.47 Å². The fourth-order valence-electron chi connectivity index (χ4n) is 0.530. The topological polar surface area (TPSA) is 40.5 Å². The zero-order valence-electron chi connectivity index (χ0n) is 4.81. The lowest BCUT2D eigenvalue weighted by atomic mass is 10.3. The van der Waals surface area contributed by atoms with E-state index in [0.717, 1.165) is 0 Å². The standard InChI is InChI=1S/C6H4BrClO2/c7-3-1-2-4(9)6(10)5(3)8/h1-2,9-10H. The molecular weight excluding hydrogens is 219 g/mol. The molecule has 0 saturated heterocycles. The molecule has 0 aromatic heterocycles. The molecule has 2 N–H and O–H groups in total. The molecule has 10 heavy (non-hydrogen) atoms. The third-order valence-electron chi connectivity index (χ3n) is 1.05. The third-order valence-corrected chi connectivity index (χ3v) is 2.32. The van der Waals surface area contributed by atoms with Gasteiger partial charge in [-0.15, -0.1) is 0 Å². The summed E-state index contributed by atoms with van der Waals surface area (Å²) < 4.78 is 0.560. The van der Waals surface area contributed by atoms with Crippen molar-refractivity contribution in [2.75, 3.05) is 0 Å². The first-order valence-electron chi connectivity index (χ1n) is 2.49. The van der Waals surface area contributed by atoms with E-state index in [1.807, 2.05) is 0 Å². The summed E-state index contributed by atoms with van der Waals surface area (Å²) in [5, 5.41) is 18.0. The zero-order chi connectivity index (χ0) is 7.72. The van der Waals surface area contributed by atoms with E-state index < -0.39 is 0 Å². The van der Waals surface area contributed by atoms with Gasteiger partial charge in [-0.25, -0.2) is 0 Å². The molecule has 0 aliphatic heterocycles. The van der Waals surface area contributed by atoms with Gasteiger partial charge < -0.3 is 10.2 Å². The summed E-state index contributed by atoms with van der Waals surface area (Å²) >= 11 is 8.60. The van der Waals surface area contributed by atoms with Crippen LogP contribution in [0.25, 0.3) is 0 Å². The van der Waals surface area contributed by atoms with Crippen molar-refractivity contribution in [3.63, 3.8) is 0 Å². The molecule has 0 unspecified atom stereocenters. The van der Waals surface area contributed by atoms with E-state index in [2.05, 4.69) is 15.9 Å². The van der Waals surface area contributed by atoms with Gasteiger partial charge in [-0.3, -0.25) is 0 Å². The van der Waals surface area contributed by atoms with E-state index in [4.69, 9.17) is 21.8 Å². The molecule has 0 atom stereocenters. The zero-order valence-corrected chi connectivity index (χ0v) is 7.15. The van der Waals surface area contributed by atoms with Crippen molar-refractivity contribution < 1.29 is 10.2 Å². The molecule has 0 bridgehead atoms. The largest absolute Gasteiger partial charge is 0.504 e. The van der Waals surface area contributed by atoms with Crippen LogP contribution in [0.2, 0.25) is 5.02 Å². The molecule has 0 aliphatic rings. The van der Waals surface area contributed by atoms with Gasteiger partial charge in [0.25, 0.3) is 0 Å². The average Bonchev–Trinajstić information content (AvgIpc) is 1.93. The number of hydrogen-bond donors (Lipinski definition) is 2. The minimum Gasteiger partial charge on any atom is -0.504 e. The highest BCUT2D eigenvalue weighted by Crippen LogP contribution is 2.37. The van der Waals surface area contributed by atoms with E-state index in [9.17, 15) is 0 Å². The maximum Gasteiger partial charge on any atom is 0.177 e. The summed E-state index contributed by atoms with van der Waals surface area (Å²) in [6.07, 6.45) is 0. The Labute approximate surface area is 71.2 Å². The van der Waals surface area contributed by atoms with Crippen LogP contribution in [0, 0.1) is 0 Å². The molecule has 0 spiro atoms. The Kier molecular flexibility index (Phi) is 2.06. The lowest BCUT2D eigenvalue weighted by Crippen LogP contribution is -1.71. The van der Waals surface area contributed by atoms with E-state index in [-0.39, 0.29) is 16.5 Å². The lowest BCUT2D eigenvalue weighted by molar-refractivity contribution is 0.403. The number of phenols is 2. The molecule has 1 aromatic carbocycles. The maximum atomic E-state index is 8.98. The Morgan fingerprint density at radius 2 is 1.90 bits per heavy atom. The Morgan fingerprint density at radius 3 is 2.40 bits per heavy atom. The SMILES string of the molecule is Oc1ccc(Br)c(Cl)c1O. The lowest BCUT2D eigenvalue weighted by Gasteiger charge is -1.99. The summed E-state index contributed by atoms with van der Waals surface area (Å²) in [5.41, 5.74) is 0. The minimum atomic E-state index is -0.295. The van der Waals surface area contributed by atoms with Crippen LogP contribution >= 0.6 is 27.5 Å². The first-order valence-corrected chi connectivity index (χ1v) is 3.66. The fraction of sp³-hybridized carbons (Fsp3) is 0. The summed E-state index contributed by atoms with van der Waals surface area (Å²) in [4.78, 5) is 0. The van der Waals surface area contributed by atoms with Gasteiger partial charge in [0.1, 0.15) is 5.02 Å². The number of aromatic hydroxyl groups is 2. The highest BCUT2D eigenvalue weighted by atomic mass is 79.9. The van der Waals surface area contributed by atoms with Crippen LogP contribution in [-0.2, 0) is 0 Å². The van der Waals surface area contributed by atoms with Gasteiger partial charge in [-0.05, 0) is 28.1 Å². The predicted octanol–water partition coefficient (Wildman–Crippen LogP) is 2.51. The van der Waals surface area contributed by atoms with E-state index in [1.165, 1.54) is 6.07 Å². The van der Waals surface area contributed by atoms with Crippen molar-refractivity contribution in [3.8, 4) is 11.5 Å². The molecule has 54 valence electrons. The first-order chi connectivity index (χ1) is 4.63.